The van der Waals surface area contributed by atoms with Crippen LogP contribution in [0, 0.1) is 0 Å². The van der Waals surface area contributed by atoms with Crippen LogP contribution >= 0.6 is 28.1 Å². The molecule has 1 unspecified atom stereocenters. The Morgan fingerprint density at radius 1 is 1.44 bits per heavy atom. The van der Waals surface area contributed by atoms with Crippen LogP contribution in [0.4, 0.5) is 0 Å². The van der Waals surface area contributed by atoms with Gasteiger partial charge in [-0.1, -0.05) is 46.4 Å². The van der Waals surface area contributed by atoms with Gasteiger partial charge in [0.25, 0.3) is 0 Å². The van der Waals surface area contributed by atoms with Gasteiger partial charge in [0.05, 0.1) is 4.99 Å². The van der Waals surface area contributed by atoms with E-state index in [1.165, 1.54) is 5.56 Å². The summed E-state index contributed by atoms with van der Waals surface area (Å²) < 4.78 is 1.09. The Labute approximate surface area is 111 Å². The lowest BCUT2D eigenvalue weighted by Crippen LogP contribution is -2.26. The predicted octanol–water partition coefficient (Wildman–Crippen LogP) is 4.00. The fourth-order valence-corrected chi connectivity index (χ4v) is 2.05. The van der Waals surface area contributed by atoms with Crippen LogP contribution in [0.25, 0.3) is 0 Å². The second-order valence-corrected chi connectivity index (χ2v) is 5.20. The Morgan fingerprint density at radius 2 is 2.00 bits per heavy atom. The van der Waals surface area contributed by atoms with Crippen molar-refractivity contribution < 1.29 is 0 Å². The second kappa shape index (κ2) is 6.16. The van der Waals surface area contributed by atoms with E-state index in [1.54, 1.807) is 0 Å². The van der Waals surface area contributed by atoms with Crippen LogP contribution in [0.15, 0.2) is 41.4 Å². The molecule has 0 aliphatic heterocycles. The third-order valence-corrected chi connectivity index (χ3v) is 3.59. The number of likely N-dealkylation sites (N-methyl/N-ethyl adjacent to an activating group) is 1. The van der Waals surface area contributed by atoms with Gasteiger partial charge in [-0.05, 0) is 24.1 Å². The lowest BCUT2D eigenvalue weighted by atomic mass is 9.95. The first-order valence-electron chi connectivity index (χ1n) is 5.13. The maximum absolute atomic E-state index is 5.45. The first kappa shape index (κ1) is 13.4. The van der Waals surface area contributed by atoms with Crippen molar-refractivity contribution in [2.45, 2.75) is 12.3 Å². The summed E-state index contributed by atoms with van der Waals surface area (Å²) in [6.07, 6.45) is 2.79. The van der Waals surface area contributed by atoms with E-state index in [0.29, 0.717) is 0 Å². The minimum Gasteiger partial charge on any atom is -0.372 e. The number of halogens is 1. The number of hydrogen-bond donors (Lipinski definition) is 0. The Balaban J connectivity index is 2.97. The summed E-state index contributed by atoms with van der Waals surface area (Å²) in [4.78, 5) is 2.94. The summed E-state index contributed by atoms with van der Waals surface area (Å²) in [7, 11) is 3.97. The molecule has 1 aromatic rings. The van der Waals surface area contributed by atoms with Crippen molar-refractivity contribution in [1.29, 1.82) is 0 Å². The molecule has 0 saturated carbocycles. The van der Waals surface area contributed by atoms with Crippen LogP contribution < -0.4 is 0 Å². The molecule has 1 nitrogen and oxygen atoms in total. The molecule has 0 aliphatic rings. The van der Waals surface area contributed by atoms with E-state index in [0.717, 1.165) is 15.9 Å². The summed E-state index contributed by atoms with van der Waals surface area (Å²) in [6, 6.07) is 8.30. The highest BCUT2D eigenvalue weighted by Gasteiger charge is 2.16. The van der Waals surface area contributed by atoms with E-state index >= 15 is 0 Å². The molecule has 0 radical (unpaired) electrons. The molecular formula is C13H16BrNS. The first-order valence-corrected chi connectivity index (χ1v) is 6.34. The summed E-state index contributed by atoms with van der Waals surface area (Å²) >= 11 is 8.88. The van der Waals surface area contributed by atoms with Gasteiger partial charge in [-0.2, -0.15) is 0 Å². The molecule has 0 bridgehead atoms. The normalized spacial score (nSPS) is 11.9. The first-order chi connectivity index (χ1) is 7.56. The molecule has 0 heterocycles. The molecule has 0 saturated heterocycles. The molecule has 16 heavy (non-hydrogen) atoms. The Bertz CT molecular complexity index is 370. The van der Waals surface area contributed by atoms with E-state index < -0.39 is 0 Å². The molecular weight excluding hydrogens is 282 g/mol. The predicted molar refractivity (Wildman–Crippen MR) is 78.0 cm³/mol. The average Bonchev–Trinajstić information content (AvgIpc) is 2.26. The summed E-state index contributed by atoms with van der Waals surface area (Å²) in [6.45, 7) is 3.80. The lowest BCUT2D eigenvalue weighted by molar-refractivity contribution is 0.601. The highest BCUT2D eigenvalue weighted by atomic mass is 79.9. The van der Waals surface area contributed by atoms with E-state index in [9.17, 15) is 0 Å². The number of nitrogens with zero attached hydrogens (tertiary/aromatic N) is 1. The van der Waals surface area contributed by atoms with Crippen molar-refractivity contribution in [3.05, 3.63) is 47.0 Å². The molecule has 0 N–H and O–H groups in total. The number of thiocarbonyl (C=S) groups is 1. The van der Waals surface area contributed by atoms with Crippen molar-refractivity contribution in [2.75, 3.05) is 14.1 Å². The third-order valence-electron chi connectivity index (χ3n) is 2.41. The summed E-state index contributed by atoms with van der Waals surface area (Å²) in [5.74, 6) is 0.246. The molecule has 0 amide bonds. The third kappa shape index (κ3) is 3.42. The Hall–Kier alpha value is -0.670. The van der Waals surface area contributed by atoms with Crippen LogP contribution in [0.5, 0.6) is 0 Å². The van der Waals surface area contributed by atoms with Crippen LogP contribution in [0.1, 0.15) is 17.9 Å². The van der Waals surface area contributed by atoms with Crippen LogP contribution in [-0.4, -0.2) is 24.0 Å². The van der Waals surface area contributed by atoms with Gasteiger partial charge in [-0.25, -0.2) is 0 Å². The van der Waals surface area contributed by atoms with Crippen LogP contribution in [-0.2, 0) is 0 Å². The highest BCUT2D eigenvalue weighted by molar-refractivity contribution is 9.10. The van der Waals surface area contributed by atoms with Gasteiger partial charge in [0.15, 0.2) is 0 Å². The molecule has 86 valence electrons. The summed E-state index contributed by atoms with van der Waals surface area (Å²) in [5, 5.41) is 0. The van der Waals surface area contributed by atoms with Gasteiger partial charge in [0.2, 0.25) is 0 Å². The SMILES string of the molecule is C=CCC(C(=S)N(C)C)c1ccc(Br)cc1. The van der Waals surface area contributed by atoms with Gasteiger partial charge in [0.1, 0.15) is 0 Å². The summed E-state index contributed by atoms with van der Waals surface area (Å²) in [5.41, 5.74) is 1.24. The van der Waals surface area contributed by atoms with Gasteiger partial charge >= 0.3 is 0 Å². The van der Waals surface area contributed by atoms with Gasteiger partial charge < -0.3 is 4.90 Å². The largest absolute Gasteiger partial charge is 0.372 e. The van der Waals surface area contributed by atoms with E-state index in [4.69, 9.17) is 12.2 Å². The Morgan fingerprint density at radius 3 is 2.44 bits per heavy atom. The molecule has 3 heteroatoms. The quantitative estimate of drug-likeness (QED) is 0.610. The molecule has 0 aliphatic carbocycles. The minimum absolute atomic E-state index is 0.246. The van der Waals surface area contributed by atoms with Crippen molar-refractivity contribution >= 4 is 33.1 Å². The molecule has 1 rings (SSSR count). The van der Waals surface area contributed by atoms with Crippen LogP contribution in [0.2, 0.25) is 0 Å². The molecule has 0 aromatic heterocycles. The highest BCUT2D eigenvalue weighted by Crippen LogP contribution is 2.24. The number of allylic oxidation sites excluding steroid dienone is 1. The standard InChI is InChI=1S/C13H16BrNS/c1-4-5-12(13(16)15(2)3)10-6-8-11(14)9-7-10/h4,6-9,12H,1,5H2,2-3H3. The maximum Gasteiger partial charge on any atom is 0.0853 e. The van der Waals surface area contributed by atoms with Crippen LogP contribution in [0.3, 0.4) is 0 Å². The fourth-order valence-electron chi connectivity index (χ4n) is 1.55. The average molecular weight is 298 g/mol. The monoisotopic (exact) mass is 297 g/mol. The zero-order chi connectivity index (χ0) is 12.1. The zero-order valence-electron chi connectivity index (χ0n) is 9.61. The topological polar surface area (TPSA) is 3.24 Å². The maximum atomic E-state index is 5.45. The Kier molecular flexibility index (Phi) is 5.16. The number of hydrogen-bond acceptors (Lipinski definition) is 1. The zero-order valence-corrected chi connectivity index (χ0v) is 12.0. The minimum atomic E-state index is 0.246. The van der Waals surface area contributed by atoms with Gasteiger partial charge in [-0.15, -0.1) is 6.58 Å². The smallest absolute Gasteiger partial charge is 0.0853 e. The fraction of sp³-hybridized carbons (Fsp3) is 0.308. The lowest BCUT2D eigenvalue weighted by Gasteiger charge is -2.23. The van der Waals surface area contributed by atoms with Crippen molar-refractivity contribution in [1.82, 2.24) is 4.90 Å². The molecule has 0 spiro atoms. The van der Waals surface area contributed by atoms with Crippen molar-refractivity contribution in [2.24, 2.45) is 0 Å². The van der Waals surface area contributed by atoms with E-state index in [-0.39, 0.29) is 5.92 Å². The van der Waals surface area contributed by atoms with Crippen molar-refractivity contribution in [3.8, 4) is 0 Å². The van der Waals surface area contributed by atoms with Gasteiger partial charge in [-0.3, -0.25) is 0 Å². The second-order valence-electron chi connectivity index (χ2n) is 3.86. The number of benzene rings is 1. The molecule has 0 fully saturated rings. The number of rotatable bonds is 4. The van der Waals surface area contributed by atoms with E-state index in [1.807, 2.05) is 37.2 Å². The van der Waals surface area contributed by atoms with E-state index in [2.05, 4.69) is 34.6 Å². The van der Waals surface area contributed by atoms with Gasteiger partial charge in [0, 0.05) is 24.5 Å². The molecule has 1 aromatic carbocycles. The van der Waals surface area contributed by atoms with Crippen molar-refractivity contribution in [3.63, 3.8) is 0 Å². The molecule has 1 atom stereocenters.